The number of hydrogen-bond donors (Lipinski definition) is 1. The van der Waals surface area contributed by atoms with Crippen molar-refractivity contribution in [1.29, 1.82) is 0 Å². The van der Waals surface area contributed by atoms with Crippen molar-refractivity contribution in [2.45, 2.75) is 33.2 Å². The quantitative estimate of drug-likeness (QED) is 0.731. The molecule has 8 heteroatoms. The van der Waals surface area contributed by atoms with Crippen LogP contribution in [-0.2, 0) is 19.4 Å². The van der Waals surface area contributed by atoms with Crippen LogP contribution < -0.4 is 5.32 Å². The molecular weight excluding hydrogens is 342 g/mol. The fraction of sp³-hybridized carbons (Fsp3) is 0.294. The van der Waals surface area contributed by atoms with Crippen LogP contribution in [0, 0.1) is 0 Å². The van der Waals surface area contributed by atoms with E-state index in [4.69, 9.17) is 16.1 Å². The first-order valence-corrected chi connectivity index (χ1v) is 8.43. The van der Waals surface area contributed by atoms with Gasteiger partial charge in [0.25, 0.3) is 5.91 Å². The smallest absolute Gasteiger partial charge is 0.274 e. The van der Waals surface area contributed by atoms with E-state index in [-0.39, 0.29) is 18.1 Å². The Hall–Kier alpha value is -2.67. The molecule has 3 rings (SSSR count). The van der Waals surface area contributed by atoms with Crippen molar-refractivity contribution < 1.29 is 9.32 Å². The van der Waals surface area contributed by atoms with Crippen LogP contribution in [0.5, 0.6) is 0 Å². The van der Waals surface area contributed by atoms with Crippen molar-refractivity contribution in [3.63, 3.8) is 0 Å². The summed E-state index contributed by atoms with van der Waals surface area (Å²) in [4.78, 5) is 12.5. The lowest BCUT2D eigenvalue weighted by Crippen LogP contribution is -2.24. The number of aromatic nitrogens is 4. The largest absolute Gasteiger partial charge is 0.359 e. The molecule has 1 N–H and O–H groups in total. The highest BCUT2D eigenvalue weighted by Gasteiger charge is 2.19. The molecule has 0 aliphatic rings. The predicted molar refractivity (Wildman–Crippen MR) is 92.8 cm³/mol. The second kappa shape index (κ2) is 7.48. The number of rotatable bonds is 6. The molecule has 130 valence electrons. The molecule has 0 saturated carbocycles. The SMILES string of the molecule is CCc1cc(CNC(=O)c2nnn(-c3cccc(Cl)c3)c2CC)on1. The molecule has 1 amide bonds. The van der Waals surface area contributed by atoms with Crippen molar-refractivity contribution in [3.8, 4) is 5.69 Å². The van der Waals surface area contributed by atoms with E-state index in [1.165, 1.54) is 0 Å². The summed E-state index contributed by atoms with van der Waals surface area (Å²) in [6.45, 7) is 4.18. The lowest BCUT2D eigenvalue weighted by molar-refractivity contribution is 0.0941. The van der Waals surface area contributed by atoms with Gasteiger partial charge in [-0.2, -0.15) is 0 Å². The van der Waals surface area contributed by atoms with Crippen LogP contribution in [-0.4, -0.2) is 26.1 Å². The van der Waals surface area contributed by atoms with E-state index in [0.29, 0.717) is 22.9 Å². The minimum Gasteiger partial charge on any atom is -0.359 e. The van der Waals surface area contributed by atoms with E-state index in [0.717, 1.165) is 17.8 Å². The van der Waals surface area contributed by atoms with Gasteiger partial charge in [0.15, 0.2) is 11.5 Å². The van der Waals surface area contributed by atoms with E-state index in [1.54, 1.807) is 16.8 Å². The average Bonchev–Trinajstić information content (AvgIpc) is 3.26. The molecule has 0 radical (unpaired) electrons. The Bertz CT molecular complexity index is 887. The van der Waals surface area contributed by atoms with Crippen molar-refractivity contribution in [3.05, 3.63) is 58.2 Å². The van der Waals surface area contributed by atoms with Crippen molar-refractivity contribution in [2.24, 2.45) is 0 Å². The molecule has 0 atom stereocenters. The van der Waals surface area contributed by atoms with Gasteiger partial charge in [0.1, 0.15) is 0 Å². The molecular formula is C17H18ClN5O2. The number of nitrogens with one attached hydrogen (secondary N) is 1. The Morgan fingerprint density at radius 2 is 2.12 bits per heavy atom. The highest BCUT2D eigenvalue weighted by molar-refractivity contribution is 6.30. The highest BCUT2D eigenvalue weighted by atomic mass is 35.5. The molecule has 25 heavy (non-hydrogen) atoms. The van der Waals surface area contributed by atoms with E-state index in [2.05, 4.69) is 20.8 Å². The second-order valence-electron chi connectivity index (χ2n) is 5.45. The number of carbonyl (C=O) groups is 1. The summed E-state index contributed by atoms with van der Waals surface area (Å²) in [7, 11) is 0. The maximum atomic E-state index is 12.5. The zero-order valence-electron chi connectivity index (χ0n) is 14.0. The van der Waals surface area contributed by atoms with Gasteiger partial charge in [-0.15, -0.1) is 5.10 Å². The molecule has 0 fully saturated rings. The van der Waals surface area contributed by atoms with E-state index in [1.807, 2.05) is 32.0 Å². The summed E-state index contributed by atoms with van der Waals surface area (Å²) < 4.78 is 6.79. The molecule has 2 heterocycles. The molecule has 1 aromatic carbocycles. The number of halogens is 1. The van der Waals surface area contributed by atoms with E-state index < -0.39 is 0 Å². The molecule has 0 spiro atoms. The van der Waals surface area contributed by atoms with Gasteiger partial charge in [-0.05, 0) is 31.0 Å². The minimum atomic E-state index is -0.306. The summed E-state index contributed by atoms with van der Waals surface area (Å²) in [6, 6.07) is 9.07. The predicted octanol–water partition coefficient (Wildman–Crippen LogP) is 2.96. The van der Waals surface area contributed by atoms with Gasteiger partial charge in [0.2, 0.25) is 0 Å². The van der Waals surface area contributed by atoms with Crippen LogP contribution in [0.25, 0.3) is 5.69 Å². The highest BCUT2D eigenvalue weighted by Crippen LogP contribution is 2.18. The average molecular weight is 360 g/mol. The number of benzene rings is 1. The number of carbonyl (C=O) groups excluding carboxylic acids is 1. The number of hydrogen-bond acceptors (Lipinski definition) is 5. The Morgan fingerprint density at radius 1 is 1.28 bits per heavy atom. The van der Waals surface area contributed by atoms with Gasteiger partial charge < -0.3 is 9.84 Å². The Kier molecular flexibility index (Phi) is 5.14. The molecule has 0 bridgehead atoms. The summed E-state index contributed by atoms with van der Waals surface area (Å²) in [5.41, 5.74) is 2.62. The Labute approximate surface area is 150 Å². The monoisotopic (exact) mass is 359 g/mol. The molecule has 0 aliphatic carbocycles. The summed E-state index contributed by atoms with van der Waals surface area (Å²) in [5, 5.41) is 15.4. The lowest BCUT2D eigenvalue weighted by atomic mass is 10.2. The lowest BCUT2D eigenvalue weighted by Gasteiger charge is -2.06. The van der Waals surface area contributed by atoms with Crippen LogP contribution in [0.1, 0.15) is 41.5 Å². The van der Waals surface area contributed by atoms with E-state index in [9.17, 15) is 4.79 Å². The molecule has 0 aliphatic heterocycles. The van der Waals surface area contributed by atoms with Crippen molar-refractivity contribution >= 4 is 17.5 Å². The van der Waals surface area contributed by atoms with Gasteiger partial charge in [0, 0.05) is 11.1 Å². The number of amides is 1. The molecule has 2 aromatic heterocycles. The first-order valence-electron chi connectivity index (χ1n) is 8.05. The fourth-order valence-electron chi connectivity index (χ4n) is 2.47. The zero-order valence-corrected chi connectivity index (χ0v) is 14.7. The summed E-state index contributed by atoms with van der Waals surface area (Å²) >= 11 is 6.03. The van der Waals surface area contributed by atoms with Gasteiger partial charge in [0.05, 0.1) is 23.6 Å². The normalized spacial score (nSPS) is 10.8. The van der Waals surface area contributed by atoms with Gasteiger partial charge in [-0.25, -0.2) is 4.68 Å². The molecule has 3 aromatic rings. The fourth-order valence-corrected chi connectivity index (χ4v) is 2.65. The van der Waals surface area contributed by atoms with Crippen LogP contribution in [0.15, 0.2) is 34.9 Å². The Morgan fingerprint density at radius 3 is 2.80 bits per heavy atom. The van der Waals surface area contributed by atoms with Gasteiger partial charge in [-0.3, -0.25) is 4.79 Å². The Balaban J connectivity index is 1.78. The van der Waals surface area contributed by atoms with Crippen LogP contribution >= 0.6 is 11.6 Å². The molecule has 0 unspecified atom stereocenters. The summed E-state index contributed by atoms with van der Waals surface area (Å²) in [5.74, 6) is 0.296. The first kappa shape index (κ1) is 17.2. The second-order valence-corrected chi connectivity index (χ2v) is 5.89. The third-order valence-corrected chi connectivity index (χ3v) is 3.99. The standard InChI is InChI=1S/C17H18ClN5O2/c1-3-12-9-14(25-21-12)10-19-17(24)16-15(4-2)23(22-20-16)13-7-5-6-11(18)8-13/h5-9H,3-4,10H2,1-2H3,(H,19,24). The summed E-state index contributed by atoms with van der Waals surface area (Å²) in [6.07, 6.45) is 1.38. The topological polar surface area (TPSA) is 85.8 Å². The number of nitrogens with zero attached hydrogens (tertiary/aromatic N) is 4. The van der Waals surface area contributed by atoms with Crippen LogP contribution in [0.3, 0.4) is 0 Å². The maximum absolute atomic E-state index is 12.5. The third kappa shape index (κ3) is 3.71. The number of aryl methyl sites for hydroxylation is 1. The van der Waals surface area contributed by atoms with Crippen molar-refractivity contribution in [1.82, 2.24) is 25.5 Å². The zero-order chi connectivity index (χ0) is 17.8. The third-order valence-electron chi connectivity index (χ3n) is 3.76. The minimum absolute atomic E-state index is 0.249. The van der Waals surface area contributed by atoms with Gasteiger partial charge >= 0.3 is 0 Å². The van der Waals surface area contributed by atoms with Gasteiger partial charge in [-0.1, -0.05) is 41.9 Å². The van der Waals surface area contributed by atoms with E-state index >= 15 is 0 Å². The van der Waals surface area contributed by atoms with Crippen LogP contribution in [0.2, 0.25) is 5.02 Å². The van der Waals surface area contributed by atoms with Crippen LogP contribution in [0.4, 0.5) is 0 Å². The molecule has 7 nitrogen and oxygen atoms in total. The first-order chi connectivity index (χ1) is 12.1. The van der Waals surface area contributed by atoms with Crippen molar-refractivity contribution in [2.75, 3.05) is 0 Å². The molecule has 0 saturated heterocycles. The maximum Gasteiger partial charge on any atom is 0.274 e.